The van der Waals surface area contributed by atoms with Crippen molar-refractivity contribution in [3.8, 4) is 0 Å². The Labute approximate surface area is 108 Å². The number of nitrogens with one attached hydrogen (secondary N) is 1. The number of benzene rings is 1. The number of hydrogen-bond donors (Lipinski definition) is 1. The Hall–Kier alpha value is -1.77. The van der Waals surface area contributed by atoms with E-state index in [1.807, 2.05) is 13.1 Å². The summed E-state index contributed by atoms with van der Waals surface area (Å²) < 4.78 is 13.6. The van der Waals surface area contributed by atoms with Gasteiger partial charge in [0.15, 0.2) is 0 Å². The molecular weight excluding hydrogens is 227 g/mol. The molecule has 1 N–H and O–H groups in total. The lowest BCUT2D eigenvalue weighted by molar-refractivity contribution is 0.559. The van der Waals surface area contributed by atoms with E-state index in [-0.39, 0.29) is 11.9 Å². The SMILES string of the molecule is C=C1CCC(N(C)c2ccc(C)c(F)c2)C(=C)N1. The molecule has 0 bridgehead atoms. The van der Waals surface area contributed by atoms with Gasteiger partial charge in [0, 0.05) is 24.1 Å². The molecule has 18 heavy (non-hydrogen) atoms. The highest BCUT2D eigenvalue weighted by Crippen LogP contribution is 2.26. The molecule has 0 amide bonds. The Morgan fingerprint density at radius 1 is 1.39 bits per heavy atom. The summed E-state index contributed by atoms with van der Waals surface area (Å²) in [5.41, 5.74) is 3.47. The lowest BCUT2D eigenvalue weighted by Crippen LogP contribution is -2.41. The third-order valence-corrected chi connectivity index (χ3v) is 3.49. The largest absolute Gasteiger partial charge is 0.366 e. The van der Waals surface area contributed by atoms with Crippen LogP contribution in [0.3, 0.4) is 0 Å². The molecule has 0 spiro atoms. The van der Waals surface area contributed by atoms with Crippen LogP contribution in [0, 0.1) is 12.7 Å². The molecule has 0 aromatic heterocycles. The normalized spacial score (nSPS) is 19.6. The van der Waals surface area contributed by atoms with Gasteiger partial charge in [0.05, 0.1) is 6.04 Å². The lowest BCUT2D eigenvalue weighted by Gasteiger charge is -2.36. The van der Waals surface area contributed by atoms with Crippen LogP contribution in [0.25, 0.3) is 0 Å². The summed E-state index contributed by atoms with van der Waals surface area (Å²) in [6.07, 6.45) is 1.87. The second kappa shape index (κ2) is 4.84. The van der Waals surface area contributed by atoms with Gasteiger partial charge < -0.3 is 10.2 Å². The minimum Gasteiger partial charge on any atom is -0.366 e. The van der Waals surface area contributed by atoms with Gasteiger partial charge in [-0.25, -0.2) is 4.39 Å². The van der Waals surface area contributed by atoms with Crippen molar-refractivity contribution in [2.75, 3.05) is 11.9 Å². The first kappa shape index (κ1) is 12.7. The quantitative estimate of drug-likeness (QED) is 0.861. The maximum atomic E-state index is 13.6. The van der Waals surface area contributed by atoms with Crippen molar-refractivity contribution in [3.63, 3.8) is 0 Å². The zero-order valence-electron chi connectivity index (χ0n) is 11.0. The molecule has 1 heterocycles. The van der Waals surface area contributed by atoms with E-state index in [1.165, 1.54) is 0 Å². The smallest absolute Gasteiger partial charge is 0.128 e. The molecule has 1 atom stereocenters. The first-order valence-corrected chi connectivity index (χ1v) is 6.11. The Morgan fingerprint density at radius 3 is 2.72 bits per heavy atom. The van der Waals surface area contributed by atoms with E-state index in [4.69, 9.17) is 0 Å². The number of likely N-dealkylation sites (N-methyl/N-ethyl adjacent to an activating group) is 1. The molecule has 0 aliphatic carbocycles. The number of hydrogen-bond acceptors (Lipinski definition) is 2. The van der Waals surface area contributed by atoms with Gasteiger partial charge in [0.25, 0.3) is 0 Å². The van der Waals surface area contributed by atoms with Gasteiger partial charge in [-0.15, -0.1) is 0 Å². The molecule has 1 aliphatic rings. The summed E-state index contributed by atoms with van der Waals surface area (Å²) >= 11 is 0. The predicted molar refractivity (Wildman–Crippen MR) is 74.0 cm³/mol. The second-order valence-electron chi connectivity index (χ2n) is 4.85. The standard InChI is InChI=1S/C15H19FN2/c1-10-5-7-13(9-14(10)16)18(4)15-8-6-11(2)17-12(15)3/h5,7,9,15,17H,2-3,6,8H2,1,4H3. The minimum absolute atomic E-state index is 0.168. The number of allylic oxidation sites excluding steroid dienone is 1. The van der Waals surface area contributed by atoms with E-state index in [9.17, 15) is 4.39 Å². The zero-order valence-corrected chi connectivity index (χ0v) is 11.0. The number of aryl methyl sites for hydroxylation is 1. The molecule has 1 unspecified atom stereocenters. The van der Waals surface area contributed by atoms with Crippen LogP contribution in [0.4, 0.5) is 10.1 Å². The van der Waals surface area contributed by atoms with Crippen molar-refractivity contribution in [2.45, 2.75) is 25.8 Å². The maximum absolute atomic E-state index is 13.6. The topological polar surface area (TPSA) is 15.3 Å². The molecule has 1 aliphatic heterocycles. The van der Waals surface area contributed by atoms with Crippen molar-refractivity contribution in [1.82, 2.24) is 5.32 Å². The average Bonchev–Trinajstić information content (AvgIpc) is 2.32. The van der Waals surface area contributed by atoms with Crippen molar-refractivity contribution in [3.05, 3.63) is 54.1 Å². The fourth-order valence-electron chi connectivity index (χ4n) is 2.27. The van der Waals surface area contributed by atoms with Crippen LogP contribution in [0.5, 0.6) is 0 Å². The van der Waals surface area contributed by atoms with Crippen molar-refractivity contribution in [2.24, 2.45) is 0 Å². The molecular formula is C15H19FN2. The van der Waals surface area contributed by atoms with Gasteiger partial charge in [0.2, 0.25) is 0 Å². The van der Waals surface area contributed by atoms with Crippen LogP contribution in [-0.4, -0.2) is 13.1 Å². The van der Waals surface area contributed by atoms with Gasteiger partial charge in [-0.1, -0.05) is 19.2 Å². The summed E-state index contributed by atoms with van der Waals surface area (Å²) in [4.78, 5) is 2.06. The first-order chi connectivity index (χ1) is 8.49. The summed E-state index contributed by atoms with van der Waals surface area (Å²) in [5.74, 6) is -0.168. The molecule has 1 saturated heterocycles. The van der Waals surface area contributed by atoms with Crippen molar-refractivity contribution < 1.29 is 4.39 Å². The van der Waals surface area contributed by atoms with Crippen molar-refractivity contribution >= 4 is 5.69 Å². The first-order valence-electron chi connectivity index (χ1n) is 6.11. The van der Waals surface area contributed by atoms with Crippen molar-refractivity contribution in [1.29, 1.82) is 0 Å². The summed E-state index contributed by atoms with van der Waals surface area (Å²) in [7, 11) is 1.97. The maximum Gasteiger partial charge on any atom is 0.128 e. The molecule has 2 rings (SSSR count). The lowest BCUT2D eigenvalue weighted by atomic mass is 10.0. The second-order valence-corrected chi connectivity index (χ2v) is 4.85. The highest BCUT2D eigenvalue weighted by Gasteiger charge is 2.23. The molecule has 0 saturated carbocycles. The van der Waals surface area contributed by atoms with Crippen LogP contribution < -0.4 is 10.2 Å². The van der Waals surface area contributed by atoms with Crippen LogP contribution in [0.15, 0.2) is 42.8 Å². The monoisotopic (exact) mass is 246 g/mol. The summed E-state index contributed by atoms with van der Waals surface area (Å²) in [6.45, 7) is 9.70. The Bertz CT molecular complexity index is 493. The van der Waals surface area contributed by atoms with E-state index in [0.717, 1.165) is 29.9 Å². The van der Waals surface area contributed by atoms with Gasteiger partial charge in [-0.05, 0) is 37.5 Å². The van der Waals surface area contributed by atoms with Crippen LogP contribution >= 0.6 is 0 Å². The molecule has 1 fully saturated rings. The molecule has 2 nitrogen and oxygen atoms in total. The Kier molecular flexibility index (Phi) is 3.41. The van der Waals surface area contributed by atoms with E-state index in [0.29, 0.717) is 5.56 Å². The molecule has 3 heteroatoms. The Morgan fingerprint density at radius 2 is 2.11 bits per heavy atom. The van der Waals surface area contributed by atoms with E-state index < -0.39 is 0 Å². The van der Waals surface area contributed by atoms with Gasteiger partial charge in [0.1, 0.15) is 5.82 Å². The third-order valence-electron chi connectivity index (χ3n) is 3.49. The van der Waals surface area contributed by atoms with E-state index in [1.54, 1.807) is 19.1 Å². The minimum atomic E-state index is -0.168. The number of piperidine rings is 1. The highest BCUT2D eigenvalue weighted by atomic mass is 19.1. The molecule has 0 radical (unpaired) electrons. The molecule has 1 aromatic rings. The van der Waals surface area contributed by atoms with E-state index in [2.05, 4.69) is 23.4 Å². The predicted octanol–water partition coefficient (Wildman–Crippen LogP) is 3.35. The fourth-order valence-corrected chi connectivity index (χ4v) is 2.27. The molecule has 1 aromatic carbocycles. The van der Waals surface area contributed by atoms with Gasteiger partial charge in [-0.3, -0.25) is 0 Å². The van der Waals surface area contributed by atoms with Crippen LogP contribution in [0.1, 0.15) is 18.4 Å². The van der Waals surface area contributed by atoms with Crippen LogP contribution in [0.2, 0.25) is 0 Å². The summed E-state index contributed by atoms with van der Waals surface area (Å²) in [6, 6.07) is 5.50. The average molecular weight is 246 g/mol. The number of anilines is 1. The van der Waals surface area contributed by atoms with E-state index >= 15 is 0 Å². The van der Waals surface area contributed by atoms with Crippen LogP contribution in [-0.2, 0) is 0 Å². The molecule has 96 valence electrons. The highest BCUT2D eigenvalue weighted by molar-refractivity contribution is 5.50. The van der Waals surface area contributed by atoms with Gasteiger partial charge >= 0.3 is 0 Å². The third kappa shape index (κ3) is 2.40. The summed E-state index contributed by atoms with van der Waals surface area (Å²) in [5, 5.41) is 3.18. The zero-order chi connectivity index (χ0) is 13.3. The number of rotatable bonds is 2. The number of nitrogens with zero attached hydrogens (tertiary/aromatic N) is 1. The Balaban J connectivity index is 2.20. The fraction of sp³-hybridized carbons (Fsp3) is 0.333. The number of halogens is 1. The van der Waals surface area contributed by atoms with Gasteiger partial charge in [-0.2, -0.15) is 0 Å².